The Hall–Kier alpha value is -1.19. The first-order valence-corrected chi connectivity index (χ1v) is 11.0. The summed E-state index contributed by atoms with van der Waals surface area (Å²) >= 11 is 1.87. The molecule has 1 atom stereocenters. The first-order chi connectivity index (χ1) is 13.7. The number of aliphatic imine (C=N–C) groups is 1. The minimum Gasteiger partial charge on any atom is -0.382 e. The third-order valence-corrected chi connectivity index (χ3v) is 5.63. The van der Waals surface area contributed by atoms with E-state index in [9.17, 15) is 0 Å². The van der Waals surface area contributed by atoms with Crippen molar-refractivity contribution < 1.29 is 14.2 Å². The molecular weight excluding hydrogens is 376 g/mol. The van der Waals surface area contributed by atoms with E-state index in [4.69, 9.17) is 19.2 Å². The molecule has 0 spiro atoms. The molecular formula is C20H36N4O3S. The van der Waals surface area contributed by atoms with Gasteiger partial charge >= 0.3 is 0 Å². The molecule has 1 aromatic heterocycles. The molecule has 2 N–H and O–H groups in total. The van der Waals surface area contributed by atoms with Crippen LogP contribution < -0.4 is 10.6 Å². The zero-order valence-corrected chi connectivity index (χ0v) is 18.4. The number of hydrogen-bond donors (Lipinski definition) is 2. The summed E-state index contributed by atoms with van der Waals surface area (Å²) in [7, 11) is 1.69. The molecule has 0 radical (unpaired) electrons. The molecule has 2 rings (SSSR count). The van der Waals surface area contributed by atoms with E-state index in [0.717, 1.165) is 64.9 Å². The van der Waals surface area contributed by atoms with Crippen LogP contribution in [0, 0.1) is 6.92 Å². The molecule has 2 heterocycles. The fourth-order valence-electron chi connectivity index (χ4n) is 3.05. The molecule has 0 aromatic carbocycles. The fraction of sp³-hybridized carbons (Fsp3) is 0.750. The highest BCUT2D eigenvalue weighted by atomic mass is 32.1. The summed E-state index contributed by atoms with van der Waals surface area (Å²) < 4.78 is 16.0. The van der Waals surface area contributed by atoms with Gasteiger partial charge in [0.1, 0.15) is 0 Å². The highest BCUT2D eigenvalue weighted by molar-refractivity contribution is 7.12. The maximum Gasteiger partial charge on any atom is 0.191 e. The number of nitrogens with zero attached hydrogens (tertiary/aromatic N) is 2. The summed E-state index contributed by atoms with van der Waals surface area (Å²) in [6, 6.07) is 4.74. The highest BCUT2D eigenvalue weighted by Gasteiger charge is 2.23. The zero-order chi connectivity index (χ0) is 20.0. The SMILES string of the molecule is CCNC(=NCC(c1ccc(C)s1)N1CCOCC1)NCCCOCCOC. The average Bonchev–Trinajstić information content (AvgIpc) is 3.14. The Kier molecular flexibility index (Phi) is 11.5. The molecule has 1 aliphatic heterocycles. The van der Waals surface area contributed by atoms with Crippen molar-refractivity contribution in [2.24, 2.45) is 4.99 Å². The minimum absolute atomic E-state index is 0.301. The second kappa shape index (κ2) is 13.9. The summed E-state index contributed by atoms with van der Waals surface area (Å²) in [6.45, 7) is 12.2. The molecule has 0 saturated carbocycles. The van der Waals surface area contributed by atoms with Crippen LogP contribution >= 0.6 is 11.3 Å². The van der Waals surface area contributed by atoms with Crippen LogP contribution in [0.3, 0.4) is 0 Å². The molecule has 8 heteroatoms. The van der Waals surface area contributed by atoms with Gasteiger partial charge in [0.25, 0.3) is 0 Å². The van der Waals surface area contributed by atoms with Gasteiger partial charge in [0.15, 0.2) is 5.96 Å². The van der Waals surface area contributed by atoms with Crippen LogP contribution in [-0.2, 0) is 14.2 Å². The van der Waals surface area contributed by atoms with Crippen LogP contribution in [0.25, 0.3) is 0 Å². The Labute approximate surface area is 173 Å². The van der Waals surface area contributed by atoms with E-state index in [1.807, 2.05) is 11.3 Å². The van der Waals surface area contributed by atoms with Crippen LogP contribution in [0.4, 0.5) is 0 Å². The normalized spacial score (nSPS) is 16.9. The Morgan fingerprint density at radius 2 is 2.07 bits per heavy atom. The minimum atomic E-state index is 0.301. The van der Waals surface area contributed by atoms with Gasteiger partial charge in [0, 0.05) is 49.6 Å². The summed E-state index contributed by atoms with van der Waals surface area (Å²) in [5.74, 6) is 0.867. The van der Waals surface area contributed by atoms with E-state index in [1.165, 1.54) is 9.75 Å². The summed E-state index contributed by atoms with van der Waals surface area (Å²) in [5.41, 5.74) is 0. The molecule has 7 nitrogen and oxygen atoms in total. The monoisotopic (exact) mass is 412 g/mol. The first-order valence-electron chi connectivity index (χ1n) is 10.2. The van der Waals surface area contributed by atoms with Gasteiger partial charge in [-0.1, -0.05) is 0 Å². The van der Waals surface area contributed by atoms with Gasteiger partial charge in [0.05, 0.1) is 39.0 Å². The van der Waals surface area contributed by atoms with Crippen molar-refractivity contribution in [3.8, 4) is 0 Å². The lowest BCUT2D eigenvalue weighted by Gasteiger charge is -2.33. The zero-order valence-electron chi connectivity index (χ0n) is 17.5. The van der Waals surface area contributed by atoms with Crippen molar-refractivity contribution in [1.29, 1.82) is 0 Å². The maximum atomic E-state index is 5.54. The van der Waals surface area contributed by atoms with Crippen molar-refractivity contribution in [1.82, 2.24) is 15.5 Å². The van der Waals surface area contributed by atoms with Crippen molar-refractivity contribution in [3.05, 3.63) is 21.9 Å². The number of ether oxygens (including phenoxy) is 3. The van der Waals surface area contributed by atoms with Crippen molar-refractivity contribution in [3.63, 3.8) is 0 Å². The van der Waals surface area contributed by atoms with Gasteiger partial charge in [-0.3, -0.25) is 9.89 Å². The quantitative estimate of drug-likeness (QED) is 0.311. The summed E-state index contributed by atoms with van der Waals surface area (Å²) in [6.07, 6.45) is 0.936. The van der Waals surface area contributed by atoms with Crippen LogP contribution in [0.1, 0.15) is 29.1 Å². The first kappa shape index (κ1) is 23.1. The average molecular weight is 413 g/mol. The predicted molar refractivity (Wildman–Crippen MR) is 115 cm³/mol. The molecule has 0 aliphatic carbocycles. The standard InChI is InChI=1S/C20H36N4O3S/c1-4-21-20(22-8-5-11-26-15-14-25-3)23-16-18(19-7-6-17(2)28-19)24-9-12-27-13-10-24/h6-7,18H,4-5,8-16H2,1-3H3,(H2,21,22,23). The third-order valence-electron chi connectivity index (χ3n) is 4.53. The van der Waals surface area contributed by atoms with Gasteiger partial charge in [0.2, 0.25) is 0 Å². The number of thiophene rings is 1. The molecule has 160 valence electrons. The highest BCUT2D eigenvalue weighted by Crippen LogP contribution is 2.28. The molecule has 0 bridgehead atoms. The Morgan fingerprint density at radius 3 is 2.75 bits per heavy atom. The number of morpholine rings is 1. The number of methoxy groups -OCH3 is 1. The van der Waals surface area contributed by atoms with E-state index in [1.54, 1.807) is 7.11 Å². The predicted octanol–water partition coefficient (Wildman–Crippen LogP) is 2.04. The van der Waals surface area contributed by atoms with Crippen molar-refractivity contribution >= 4 is 17.3 Å². The Balaban J connectivity index is 1.88. The fourth-order valence-corrected chi connectivity index (χ4v) is 4.06. The topological polar surface area (TPSA) is 67.4 Å². The smallest absolute Gasteiger partial charge is 0.191 e. The molecule has 1 aliphatic rings. The molecule has 28 heavy (non-hydrogen) atoms. The van der Waals surface area contributed by atoms with E-state index >= 15 is 0 Å². The Morgan fingerprint density at radius 1 is 1.25 bits per heavy atom. The number of aryl methyl sites for hydroxylation is 1. The van der Waals surface area contributed by atoms with Gasteiger partial charge in [-0.2, -0.15) is 0 Å². The molecule has 1 unspecified atom stereocenters. The van der Waals surface area contributed by atoms with Crippen LogP contribution in [0.15, 0.2) is 17.1 Å². The number of nitrogens with one attached hydrogen (secondary N) is 2. The van der Waals surface area contributed by atoms with Gasteiger partial charge in [-0.25, -0.2) is 0 Å². The third kappa shape index (κ3) is 8.45. The lowest BCUT2D eigenvalue weighted by molar-refractivity contribution is 0.0186. The molecule has 1 fully saturated rings. The summed E-state index contributed by atoms with van der Waals surface area (Å²) in [4.78, 5) is 10.1. The second-order valence-corrected chi connectivity index (χ2v) is 8.04. The lowest BCUT2D eigenvalue weighted by Crippen LogP contribution is -2.41. The van der Waals surface area contributed by atoms with Crippen LogP contribution in [-0.4, -0.2) is 83.7 Å². The molecule has 1 saturated heterocycles. The Bertz CT molecular complexity index is 561. The number of rotatable bonds is 12. The number of hydrogen-bond acceptors (Lipinski definition) is 6. The van der Waals surface area contributed by atoms with Crippen LogP contribution in [0.2, 0.25) is 0 Å². The van der Waals surface area contributed by atoms with Gasteiger partial charge in [-0.05, 0) is 32.4 Å². The van der Waals surface area contributed by atoms with Gasteiger partial charge in [-0.15, -0.1) is 11.3 Å². The van der Waals surface area contributed by atoms with E-state index in [0.29, 0.717) is 19.3 Å². The number of guanidine groups is 1. The van der Waals surface area contributed by atoms with Crippen molar-refractivity contribution in [2.75, 3.05) is 72.9 Å². The van der Waals surface area contributed by atoms with E-state index in [2.05, 4.69) is 41.5 Å². The van der Waals surface area contributed by atoms with Crippen molar-refractivity contribution in [2.45, 2.75) is 26.3 Å². The van der Waals surface area contributed by atoms with E-state index in [-0.39, 0.29) is 0 Å². The summed E-state index contributed by atoms with van der Waals surface area (Å²) in [5, 5.41) is 6.76. The van der Waals surface area contributed by atoms with E-state index < -0.39 is 0 Å². The second-order valence-electron chi connectivity index (χ2n) is 6.72. The largest absolute Gasteiger partial charge is 0.382 e. The van der Waals surface area contributed by atoms with Gasteiger partial charge < -0.3 is 24.8 Å². The van der Waals surface area contributed by atoms with Crippen LogP contribution in [0.5, 0.6) is 0 Å². The molecule has 0 amide bonds. The molecule has 1 aromatic rings. The lowest BCUT2D eigenvalue weighted by atomic mass is 10.2. The maximum absolute atomic E-state index is 5.54.